The van der Waals surface area contributed by atoms with Crippen LogP contribution in [-0.4, -0.2) is 49.1 Å². The molecule has 1 aliphatic heterocycles. The highest BCUT2D eigenvalue weighted by molar-refractivity contribution is 5.60. The molecule has 1 aliphatic rings. The van der Waals surface area contributed by atoms with E-state index in [9.17, 15) is 10.1 Å². The summed E-state index contributed by atoms with van der Waals surface area (Å²) in [4.78, 5) is 13.0. The second kappa shape index (κ2) is 8.59. The summed E-state index contributed by atoms with van der Waals surface area (Å²) < 4.78 is 0. The van der Waals surface area contributed by atoms with Crippen LogP contribution in [0.1, 0.15) is 19.3 Å². The molecule has 1 saturated heterocycles. The lowest BCUT2D eigenvalue weighted by Crippen LogP contribution is -2.36. The third-order valence-corrected chi connectivity index (χ3v) is 3.77. The minimum atomic E-state index is -0.355. The maximum atomic E-state index is 10.9. The van der Waals surface area contributed by atoms with Crippen molar-refractivity contribution in [2.75, 3.05) is 44.6 Å². The summed E-state index contributed by atoms with van der Waals surface area (Å²) in [6.45, 7) is 5.99. The normalized spacial score (nSPS) is 15.8. The van der Waals surface area contributed by atoms with Crippen molar-refractivity contribution in [2.24, 2.45) is 0 Å². The second-order valence-corrected chi connectivity index (χ2v) is 5.35. The number of benzene rings is 1. The number of hydrogen-bond acceptors (Lipinski definition) is 5. The molecule has 6 heteroatoms. The molecule has 2 rings (SSSR count). The van der Waals surface area contributed by atoms with Crippen LogP contribution in [0, 0.1) is 10.1 Å². The highest BCUT2D eigenvalue weighted by Crippen LogP contribution is 2.22. The van der Waals surface area contributed by atoms with Gasteiger partial charge in [-0.2, -0.15) is 0 Å². The van der Waals surface area contributed by atoms with Crippen LogP contribution >= 0.6 is 0 Å². The van der Waals surface area contributed by atoms with Gasteiger partial charge in [-0.1, -0.05) is 18.6 Å². The fourth-order valence-electron chi connectivity index (χ4n) is 2.61. The van der Waals surface area contributed by atoms with E-state index in [0.717, 1.165) is 19.6 Å². The maximum Gasteiger partial charge on any atom is 0.292 e. The van der Waals surface area contributed by atoms with Gasteiger partial charge in [-0.15, -0.1) is 0 Å². The van der Waals surface area contributed by atoms with Gasteiger partial charge in [-0.05, 0) is 32.0 Å². The second-order valence-electron chi connectivity index (χ2n) is 5.35. The van der Waals surface area contributed by atoms with Crippen molar-refractivity contribution in [3.63, 3.8) is 0 Å². The van der Waals surface area contributed by atoms with Crippen LogP contribution in [0.3, 0.4) is 0 Å². The number of nitro groups is 1. The number of hydrogen-bond donors (Lipinski definition) is 2. The van der Waals surface area contributed by atoms with Gasteiger partial charge in [0.15, 0.2) is 0 Å². The highest BCUT2D eigenvalue weighted by Gasteiger charge is 2.11. The van der Waals surface area contributed by atoms with Crippen molar-refractivity contribution < 1.29 is 4.92 Å². The molecule has 0 bridgehead atoms. The van der Waals surface area contributed by atoms with E-state index in [1.807, 2.05) is 0 Å². The van der Waals surface area contributed by atoms with Crippen LogP contribution in [0.2, 0.25) is 0 Å². The Balaban J connectivity index is 1.60. The molecule has 21 heavy (non-hydrogen) atoms. The average Bonchev–Trinajstić information content (AvgIpc) is 2.52. The van der Waals surface area contributed by atoms with Crippen LogP contribution in [0.15, 0.2) is 24.3 Å². The van der Waals surface area contributed by atoms with Gasteiger partial charge >= 0.3 is 0 Å². The summed E-state index contributed by atoms with van der Waals surface area (Å²) in [5.74, 6) is 0. The van der Waals surface area contributed by atoms with Gasteiger partial charge < -0.3 is 15.5 Å². The Morgan fingerprint density at radius 1 is 1.10 bits per heavy atom. The SMILES string of the molecule is O=[N+]([O-])c1ccccc1NCCNCCN1CCCCC1. The molecule has 0 amide bonds. The van der Waals surface area contributed by atoms with Crippen molar-refractivity contribution in [1.82, 2.24) is 10.2 Å². The number of nitrogens with zero attached hydrogens (tertiary/aromatic N) is 2. The summed E-state index contributed by atoms with van der Waals surface area (Å²) in [6, 6.07) is 6.75. The number of likely N-dealkylation sites (tertiary alicyclic amines) is 1. The van der Waals surface area contributed by atoms with Crippen molar-refractivity contribution in [2.45, 2.75) is 19.3 Å². The molecule has 1 aromatic carbocycles. The zero-order valence-electron chi connectivity index (χ0n) is 12.4. The fraction of sp³-hybridized carbons (Fsp3) is 0.600. The summed E-state index contributed by atoms with van der Waals surface area (Å²) in [5.41, 5.74) is 0.714. The van der Waals surface area contributed by atoms with E-state index in [0.29, 0.717) is 12.2 Å². The molecule has 0 unspecified atom stereocenters. The first-order chi connectivity index (χ1) is 10.3. The number of rotatable bonds is 8. The molecule has 116 valence electrons. The minimum absolute atomic E-state index is 0.130. The topological polar surface area (TPSA) is 70.4 Å². The summed E-state index contributed by atoms with van der Waals surface area (Å²) >= 11 is 0. The van der Waals surface area contributed by atoms with Gasteiger partial charge in [-0.25, -0.2) is 0 Å². The molecule has 0 aliphatic carbocycles. The Bertz CT molecular complexity index is 447. The van der Waals surface area contributed by atoms with Gasteiger partial charge in [0.1, 0.15) is 5.69 Å². The third-order valence-electron chi connectivity index (χ3n) is 3.77. The zero-order chi connectivity index (χ0) is 14.9. The van der Waals surface area contributed by atoms with E-state index < -0.39 is 0 Å². The standard InChI is InChI=1S/C15H24N4O2/c20-19(21)15-7-3-2-6-14(15)17-9-8-16-10-13-18-11-4-1-5-12-18/h2-3,6-7,16-17H,1,4-5,8-13H2. The molecule has 0 saturated carbocycles. The largest absolute Gasteiger partial charge is 0.378 e. The average molecular weight is 292 g/mol. The maximum absolute atomic E-state index is 10.9. The Kier molecular flexibility index (Phi) is 6.43. The number of nitrogens with one attached hydrogen (secondary N) is 2. The molecule has 1 heterocycles. The Morgan fingerprint density at radius 2 is 1.86 bits per heavy atom. The first kappa shape index (κ1) is 15.7. The molecular weight excluding hydrogens is 268 g/mol. The van der Waals surface area contributed by atoms with E-state index in [2.05, 4.69) is 15.5 Å². The van der Waals surface area contributed by atoms with E-state index in [1.165, 1.54) is 38.4 Å². The molecular formula is C15H24N4O2. The fourth-order valence-corrected chi connectivity index (χ4v) is 2.61. The van der Waals surface area contributed by atoms with Crippen molar-refractivity contribution in [3.8, 4) is 0 Å². The van der Waals surface area contributed by atoms with Gasteiger partial charge in [0, 0.05) is 32.2 Å². The quantitative estimate of drug-likeness (QED) is 0.436. The molecule has 1 aromatic rings. The van der Waals surface area contributed by atoms with Crippen molar-refractivity contribution >= 4 is 11.4 Å². The predicted octanol–water partition coefficient (Wildman–Crippen LogP) is 2.08. The first-order valence-corrected chi connectivity index (χ1v) is 7.68. The molecule has 2 N–H and O–H groups in total. The van der Waals surface area contributed by atoms with Crippen LogP contribution in [0.4, 0.5) is 11.4 Å². The monoisotopic (exact) mass is 292 g/mol. The van der Waals surface area contributed by atoms with Gasteiger partial charge in [0.05, 0.1) is 4.92 Å². The zero-order valence-corrected chi connectivity index (χ0v) is 12.4. The van der Waals surface area contributed by atoms with Gasteiger partial charge in [0.2, 0.25) is 0 Å². The molecule has 0 aromatic heterocycles. The molecule has 0 radical (unpaired) electrons. The first-order valence-electron chi connectivity index (χ1n) is 7.68. The van der Waals surface area contributed by atoms with Gasteiger partial charge in [-0.3, -0.25) is 10.1 Å². The lowest BCUT2D eigenvalue weighted by atomic mass is 10.1. The number of piperidine rings is 1. The summed E-state index contributed by atoms with van der Waals surface area (Å²) in [5, 5.41) is 17.4. The van der Waals surface area contributed by atoms with E-state index >= 15 is 0 Å². The molecule has 0 spiro atoms. The summed E-state index contributed by atoms with van der Waals surface area (Å²) in [7, 11) is 0. The Hall–Kier alpha value is -1.66. The predicted molar refractivity (Wildman–Crippen MR) is 84.7 cm³/mol. The van der Waals surface area contributed by atoms with E-state index in [1.54, 1.807) is 18.2 Å². The molecule has 1 fully saturated rings. The van der Waals surface area contributed by atoms with Crippen LogP contribution in [0.25, 0.3) is 0 Å². The van der Waals surface area contributed by atoms with Crippen LogP contribution in [0.5, 0.6) is 0 Å². The summed E-state index contributed by atoms with van der Waals surface area (Å²) in [6.07, 6.45) is 4.00. The molecule has 6 nitrogen and oxygen atoms in total. The minimum Gasteiger partial charge on any atom is -0.378 e. The Morgan fingerprint density at radius 3 is 2.62 bits per heavy atom. The number of anilines is 1. The molecule has 0 atom stereocenters. The number of nitro benzene ring substituents is 1. The Labute approximate surface area is 125 Å². The van der Waals surface area contributed by atoms with E-state index in [4.69, 9.17) is 0 Å². The highest BCUT2D eigenvalue weighted by atomic mass is 16.6. The van der Waals surface area contributed by atoms with E-state index in [-0.39, 0.29) is 10.6 Å². The smallest absolute Gasteiger partial charge is 0.292 e. The number of para-hydroxylation sites is 2. The third kappa shape index (κ3) is 5.32. The lowest BCUT2D eigenvalue weighted by molar-refractivity contribution is -0.384. The van der Waals surface area contributed by atoms with Crippen molar-refractivity contribution in [1.29, 1.82) is 0 Å². The van der Waals surface area contributed by atoms with Crippen molar-refractivity contribution in [3.05, 3.63) is 34.4 Å². The van der Waals surface area contributed by atoms with Crippen LogP contribution in [-0.2, 0) is 0 Å². The van der Waals surface area contributed by atoms with Crippen LogP contribution < -0.4 is 10.6 Å². The lowest BCUT2D eigenvalue weighted by Gasteiger charge is -2.26. The van der Waals surface area contributed by atoms with Gasteiger partial charge in [0.25, 0.3) is 5.69 Å².